The Morgan fingerprint density at radius 3 is 2.62 bits per heavy atom. The van der Waals surface area contributed by atoms with Crippen LogP contribution in [0.4, 0.5) is 0 Å². The maximum absolute atomic E-state index is 12.3. The first-order chi connectivity index (χ1) is 12.1. The topological polar surface area (TPSA) is 88.5 Å². The predicted molar refractivity (Wildman–Crippen MR) is 95.4 cm³/mol. The minimum atomic E-state index is -1.16. The van der Waals surface area contributed by atoms with Gasteiger partial charge in [0.2, 0.25) is 0 Å². The third-order valence-electron chi connectivity index (χ3n) is 6.71. The summed E-state index contributed by atoms with van der Waals surface area (Å²) in [5.74, 6) is -0.200. The standard InChI is InChI=1S/C20H32O6/c1-13-14-6-11-20(4)15(25-20)7-10-18(2,26-23)8-5-9-19(3,22)16(12-14)24-17(13)21/h5,8,13-16,22-23H,6-7,9-12H2,1-4H3/b8-5+/t13-,14+,15-,16+,18-,19-,20-/m0/s1. The summed E-state index contributed by atoms with van der Waals surface area (Å²) in [7, 11) is 0. The summed E-state index contributed by atoms with van der Waals surface area (Å²) in [6.07, 6.45) is 7.34. The Bertz CT molecular complexity index is 573. The van der Waals surface area contributed by atoms with Crippen molar-refractivity contribution in [1.29, 1.82) is 0 Å². The minimum absolute atomic E-state index is 0.151. The van der Waals surface area contributed by atoms with Crippen LogP contribution in [0.1, 0.15) is 66.2 Å². The number of rotatable bonds is 1. The molecule has 0 aromatic carbocycles. The van der Waals surface area contributed by atoms with Crippen LogP contribution in [0.5, 0.6) is 0 Å². The van der Waals surface area contributed by atoms with Gasteiger partial charge in [-0.15, -0.1) is 0 Å². The molecule has 148 valence electrons. The number of aliphatic hydroxyl groups is 1. The van der Waals surface area contributed by atoms with E-state index in [4.69, 9.17) is 14.4 Å². The molecule has 6 nitrogen and oxygen atoms in total. The molecule has 0 radical (unpaired) electrons. The molecule has 0 amide bonds. The van der Waals surface area contributed by atoms with Crippen LogP contribution in [-0.2, 0) is 19.2 Å². The maximum Gasteiger partial charge on any atom is 0.309 e. The highest BCUT2D eigenvalue weighted by molar-refractivity contribution is 5.73. The van der Waals surface area contributed by atoms with E-state index in [2.05, 4.69) is 6.92 Å². The smallest absolute Gasteiger partial charge is 0.309 e. The Morgan fingerprint density at radius 1 is 1.19 bits per heavy atom. The van der Waals surface area contributed by atoms with Gasteiger partial charge >= 0.3 is 5.97 Å². The van der Waals surface area contributed by atoms with E-state index in [0.717, 1.165) is 19.3 Å². The number of epoxide rings is 1. The number of carbonyl (C=O) groups excluding carboxylic acids is 1. The van der Waals surface area contributed by atoms with Gasteiger partial charge in [0, 0.05) is 0 Å². The van der Waals surface area contributed by atoms with Crippen molar-refractivity contribution in [2.75, 3.05) is 0 Å². The van der Waals surface area contributed by atoms with E-state index in [1.165, 1.54) is 0 Å². The molecule has 3 aliphatic rings. The molecule has 2 saturated heterocycles. The molecule has 3 rings (SSSR count). The zero-order chi connectivity index (χ0) is 19.2. The SMILES string of the molecule is C[C@@H]1C(=O)O[C@@H]2C[C@H]1CC[C@]1(C)O[C@H]1CC[C@@](C)(OO)/C=C/C[C@]2(C)O. The van der Waals surface area contributed by atoms with E-state index >= 15 is 0 Å². The number of hydrogen-bond acceptors (Lipinski definition) is 6. The van der Waals surface area contributed by atoms with Crippen molar-refractivity contribution in [3.05, 3.63) is 12.2 Å². The molecule has 1 aliphatic carbocycles. The summed E-state index contributed by atoms with van der Waals surface area (Å²) in [6, 6.07) is 0. The number of hydrogen-bond donors (Lipinski definition) is 2. The van der Waals surface area contributed by atoms with Crippen LogP contribution in [0.25, 0.3) is 0 Å². The summed E-state index contributed by atoms with van der Waals surface area (Å²) in [5.41, 5.74) is -2.16. The van der Waals surface area contributed by atoms with E-state index in [0.29, 0.717) is 19.3 Å². The highest BCUT2D eigenvalue weighted by Crippen LogP contribution is 2.46. The second kappa shape index (κ2) is 6.89. The lowest BCUT2D eigenvalue weighted by Gasteiger charge is -2.40. The average Bonchev–Trinajstić information content (AvgIpc) is 3.24. The first-order valence-electron chi connectivity index (χ1n) is 9.69. The maximum atomic E-state index is 12.3. The largest absolute Gasteiger partial charge is 0.459 e. The fourth-order valence-electron chi connectivity index (χ4n) is 4.32. The number of carbonyl (C=O) groups is 1. The third kappa shape index (κ3) is 3.98. The van der Waals surface area contributed by atoms with Crippen molar-refractivity contribution in [3.8, 4) is 0 Å². The van der Waals surface area contributed by atoms with Crippen LogP contribution in [0, 0.1) is 11.8 Å². The average molecular weight is 368 g/mol. The Morgan fingerprint density at radius 2 is 1.92 bits per heavy atom. The van der Waals surface area contributed by atoms with Gasteiger partial charge in [-0.3, -0.25) is 10.1 Å². The quantitative estimate of drug-likeness (QED) is 0.243. The van der Waals surface area contributed by atoms with Gasteiger partial charge in [-0.1, -0.05) is 19.1 Å². The summed E-state index contributed by atoms with van der Waals surface area (Å²) in [4.78, 5) is 17.0. The molecule has 2 heterocycles. The van der Waals surface area contributed by atoms with E-state index in [9.17, 15) is 15.2 Å². The lowest BCUT2D eigenvalue weighted by atomic mass is 9.76. The molecular formula is C20H32O6. The minimum Gasteiger partial charge on any atom is -0.459 e. The zero-order valence-corrected chi connectivity index (χ0v) is 16.2. The molecule has 2 aliphatic heterocycles. The van der Waals surface area contributed by atoms with Crippen molar-refractivity contribution >= 4 is 5.97 Å². The van der Waals surface area contributed by atoms with Gasteiger partial charge in [-0.25, -0.2) is 4.89 Å². The van der Waals surface area contributed by atoms with Crippen molar-refractivity contribution in [3.63, 3.8) is 0 Å². The number of ether oxygens (including phenoxy) is 2. The third-order valence-corrected chi connectivity index (χ3v) is 6.71. The molecule has 0 spiro atoms. The number of esters is 1. The van der Waals surface area contributed by atoms with Crippen molar-refractivity contribution in [2.45, 2.75) is 95.2 Å². The zero-order valence-electron chi connectivity index (χ0n) is 16.2. The molecule has 0 aromatic rings. The van der Waals surface area contributed by atoms with Crippen LogP contribution < -0.4 is 0 Å². The van der Waals surface area contributed by atoms with Gasteiger partial charge in [-0.05, 0) is 65.2 Å². The van der Waals surface area contributed by atoms with Crippen LogP contribution in [-0.4, -0.2) is 45.3 Å². The fourth-order valence-corrected chi connectivity index (χ4v) is 4.32. The highest BCUT2D eigenvalue weighted by atomic mass is 17.1. The summed E-state index contributed by atoms with van der Waals surface area (Å²) in [6.45, 7) is 7.53. The molecular weight excluding hydrogens is 336 g/mol. The Labute approximate surface area is 155 Å². The molecule has 2 fully saturated rings. The summed E-state index contributed by atoms with van der Waals surface area (Å²) < 4.78 is 11.5. The van der Waals surface area contributed by atoms with Gasteiger partial charge in [0.25, 0.3) is 0 Å². The molecule has 2 bridgehead atoms. The van der Waals surface area contributed by atoms with Crippen LogP contribution in [0.2, 0.25) is 0 Å². The molecule has 26 heavy (non-hydrogen) atoms. The van der Waals surface area contributed by atoms with Crippen LogP contribution in [0.15, 0.2) is 12.2 Å². The van der Waals surface area contributed by atoms with Gasteiger partial charge < -0.3 is 14.6 Å². The lowest BCUT2D eigenvalue weighted by molar-refractivity contribution is -0.304. The van der Waals surface area contributed by atoms with Crippen LogP contribution >= 0.6 is 0 Å². The summed E-state index contributed by atoms with van der Waals surface area (Å²) >= 11 is 0. The fraction of sp³-hybridized carbons (Fsp3) is 0.850. The van der Waals surface area contributed by atoms with Crippen molar-refractivity contribution in [2.24, 2.45) is 11.8 Å². The van der Waals surface area contributed by atoms with Gasteiger partial charge in [-0.2, -0.15) is 0 Å². The predicted octanol–water partition coefficient (Wildman–Crippen LogP) is 3.23. The van der Waals surface area contributed by atoms with Gasteiger partial charge in [0.05, 0.1) is 17.6 Å². The molecule has 0 saturated carbocycles. The second-order valence-corrected chi connectivity index (χ2v) is 9.07. The van der Waals surface area contributed by atoms with E-state index in [1.54, 1.807) is 19.1 Å². The van der Waals surface area contributed by atoms with Crippen LogP contribution in [0.3, 0.4) is 0 Å². The lowest BCUT2D eigenvalue weighted by Crippen LogP contribution is -2.49. The molecule has 0 aromatic heterocycles. The first-order valence-corrected chi connectivity index (χ1v) is 9.69. The molecule has 7 atom stereocenters. The highest BCUT2D eigenvalue weighted by Gasteiger charge is 2.53. The first kappa shape index (κ1) is 19.8. The van der Waals surface area contributed by atoms with Crippen molar-refractivity contribution < 1.29 is 29.5 Å². The number of fused-ring (bicyclic) bond motifs is 3. The molecule has 0 unspecified atom stereocenters. The Kier molecular flexibility index (Phi) is 5.25. The van der Waals surface area contributed by atoms with E-state index < -0.39 is 17.3 Å². The van der Waals surface area contributed by atoms with E-state index in [1.807, 2.05) is 13.8 Å². The van der Waals surface area contributed by atoms with Gasteiger partial charge in [0.1, 0.15) is 17.3 Å². The Balaban J connectivity index is 1.83. The molecule has 2 N–H and O–H groups in total. The monoisotopic (exact) mass is 368 g/mol. The van der Waals surface area contributed by atoms with Gasteiger partial charge in [0.15, 0.2) is 0 Å². The van der Waals surface area contributed by atoms with E-state index in [-0.39, 0.29) is 29.5 Å². The van der Waals surface area contributed by atoms with Crippen molar-refractivity contribution in [1.82, 2.24) is 0 Å². The normalized spacial score (nSPS) is 50.9. The molecule has 6 heteroatoms. The Hall–Kier alpha value is -0.950. The summed E-state index contributed by atoms with van der Waals surface area (Å²) in [5, 5.41) is 20.2. The second-order valence-electron chi connectivity index (χ2n) is 9.07.